The molecule has 0 spiro atoms. The second-order valence-electron chi connectivity index (χ2n) is 4.48. The van der Waals surface area contributed by atoms with E-state index in [1.807, 2.05) is 24.3 Å². The zero-order valence-electron chi connectivity index (χ0n) is 10.1. The van der Waals surface area contributed by atoms with Crippen LogP contribution in [-0.2, 0) is 4.79 Å². The lowest BCUT2D eigenvalue weighted by molar-refractivity contribution is -0.139. The molecule has 1 aromatic carbocycles. The first-order valence-electron chi connectivity index (χ1n) is 5.82. The number of carbonyl (C=O) groups is 1. The number of aromatic nitrogens is 1. The quantitative estimate of drug-likeness (QED) is 0.867. The van der Waals surface area contributed by atoms with Crippen LogP contribution in [0.4, 0.5) is 0 Å². The summed E-state index contributed by atoms with van der Waals surface area (Å²) in [4.78, 5) is 14.8. The first-order valence-corrected chi connectivity index (χ1v) is 5.82. The van der Waals surface area contributed by atoms with Crippen molar-refractivity contribution in [1.29, 1.82) is 0 Å². The van der Waals surface area contributed by atoms with Gasteiger partial charge in [0.2, 0.25) is 0 Å². The molecule has 94 valence electrons. The summed E-state index contributed by atoms with van der Waals surface area (Å²) in [5, 5.41) is 19.8. The maximum Gasteiger partial charge on any atom is 0.303 e. The van der Waals surface area contributed by atoms with Crippen molar-refractivity contribution in [3.05, 3.63) is 42.1 Å². The molecule has 2 rings (SSSR count). The van der Waals surface area contributed by atoms with Crippen LogP contribution in [-0.4, -0.2) is 21.2 Å². The van der Waals surface area contributed by atoms with Gasteiger partial charge in [-0.3, -0.25) is 9.78 Å². The first-order chi connectivity index (χ1) is 8.58. The number of benzene rings is 1. The molecule has 18 heavy (non-hydrogen) atoms. The van der Waals surface area contributed by atoms with Crippen molar-refractivity contribution in [2.75, 3.05) is 0 Å². The van der Waals surface area contributed by atoms with Crippen molar-refractivity contribution in [1.82, 2.24) is 4.98 Å². The lowest BCUT2D eigenvalue weighted by Crippen LogP contribution is -2.13. The van der Waals surface area contributed by atoms with E-state index in [4.69, 9.17) is 5.11 Å². The summed E-state index contributed by atoms with van der Waals surface area (Å²) >= 11 is 0. The smallest absolute Gasteiger partial charge is 0.303 e. The van der Waals surface area contributed by atoms with Crippen LogP contribution in [0.15, 0.2) is 36.5 Å². The molecule has 0 amide bonds. The molecule has 2 atom stereocenters. The van der Waals surface area contributed by atoms with Crippen LogP contribution < -0.4 is 0 Å². The number of aliphatic carboxylic acids is 1. The number of carboxylic acids is 1. The van der Waals surface area contributed by atoms with Gasteiger partial charge in [0.05, 0.1) is 18.0 Å². The molecule has 1 heterocycles. The highest BCUT2D eigenvalue weighted by atomic mass is 16.4. The molecular weight excluding hydrogens is 230 g/mol. The zero-order chi connectivity index (χ0) is 13.1. The van der Waals surface area contributed by atoms with Crippen molar-refractivity contribution in [3.63, 3.8) is 0 Å². The van der Waals surface area contributed by atoms with Gasteiger partial charge in [0, 0.05) is 11.6 Å². The number of pyridine rings is 1. The molecule has 2 N–H and O–H groups in total. The molecule has 4 nitrogen and oxygen atoms in total. The summed E-state index contributed by atoms with van der Waals surface area (Å²) in [6.45, 7) is 1.73. The lowest BCUT2D eigenvalue weighted by Gasteiger charge is -2.17. The number of aliphatic hydroxyl groups excluding tert-OH is 1. The third-order valence-corrected chi connectivity index (χ3v) is 3.00. The molecule has 4 heteroatoms. The average Bonchev–Trinajstić information content (AvgIpc) is 2.36. The highest BCUT2D eigenvalue weighted by molar-refractivity contribution is 5.79. The lowest BCUT2D eigenvalue weighted by atomic mass is 9.94. The molecule has 2 aromatic rings. The fourth-order valence-electron chi connectivity index (χ4n) is 1.99. The third-order valence-electron chi connectivity index (χ3n) is 3.00. The van der Waals surface area contributed by atoms with Crippen LogP contribution in [0.1, 0.15) is 25.0 Å². The van der Waals surface area contributed by atoms with Crippen molar-refractivity contribution in [3.8, 4) is 0 Å². The average molecular weight is 245 g/mol. The van der Waals surface area contributed by atoms with Gasteiger partial charge < -0.3 is 10.2 Å². The number of aliphatic hydroxyl groups is 1. The minimum Gasteiger partial charge on any atom is -0.481 e. The van der Waals surface area contributed by atoms with E-state index in [-0.39, 0.29) is 12.3 Å². The monoisotopic (exact) mass is 245 g/mol. The number of rotatable bonds is 4. The van der Waals surface area contributed by atoms with E-state index in [9.17, 15) is 9.90 Å². The topological polar surface area (TPSA) is 70.4 Å². The maximum absolute atomic E-state index is 10.6. The highest BCUT2D eigenvalue weighted by Crippen LogP contribution is 2.26. The zero-order valence-corrected chi connectivity index (χ0v) is 10.1. The Hall–Kier alpha value is -1.94. The van der Waals surface area contributed by atoms with E-state index in [2.05, 4.69) is 4.98 Å². The summed E-state index contributed by atoms with van der Waals surface area (Å²) in [7, 11) is 0. The number of hydrogen-bond acceptors (Lipinski definition) is 3. The number of carboxylic acid groups (broad SMARTS) is 1. The minimum atomic E-state index is -0.899. The van der Waals surface area contributed by atoms with Crippen LogP contribution in [0, 0.1) is 5.92 Å². The SMILES string of the molecule is CC(CC(=O)O)C(O)c1ccc2ncccc2c1. The molecule has 0 bridgehead atoms. The van der Waals surface area contributed by atoms with Gasteiger partial charge in [-0.05, 0) is 29.7 Å². The van der Waals surface area contributed by atoms with Crippen molar-refractivity contribution < 1.29 is 15.0 Å². The summed E-state index contributed by atoms with van der Waals surface area (Å²) in [5.74, 6) is -1.22. The predicted molar refractivity (Wildman–Crippen MR) is 68.1 cm³/mol. The predicted octanol–water partition coefficient (Wildman–Crippen LogP) is 2.38. The van der Waals surface area contributed by atoms with E-state index in [1.165, 1.54) is 0 Å². The van der Waals surface area contributed by atoms with Gasteiger partial charge >= 0.3 is 5.97 Å². The Labute approximate surface area is 105 Å². The van der Waals surface area contributed by atoms with Gasteiger partial charge in [-0.25, -0.2) is 0 Å². The Bertz CT molecular complexity index is 568. The summed E-state index contributed by atoms with van der Waals surface area (Å²) in [6, 6.07) is 9.23. The molecular formula is C14H15NO3. The van der Waals surface area contributed by atoms with E-state index in [1.54, 1.807) is 19.2 Å². The number of fused-ring (bicyclic) bond motifs is 1. The molecule has 1 aromatic heterocycles. The molecule has 0 aliphatic heterocycles. The fourth-order valence-corrected chi connectivity index (χ4v) is 1.99. The van der Waals surface area contributed by atoms with E-state index in [0.717, 1.165) is 16.5 Å². The van der Waals surface area contributed by atoms with Crippen LogP contribution in [0.2, 0.25) is 0 Å². The molecule has 0 aliphatic carbocycles. The standard InChI is InChI=1S/C14H15NO3/c1-9(7-13(16)17)14(18)11-4-5-12-10(8-11)3-2-6-15-12/h2-6,8-9,14,18H,7H2,1H3,(H,16,17). The Morgan fingerprint density at radius 3 is 2.89 bits per heavy atom. The van der Waals surface area contributed by atoms with E-state index >= 15 is 0 Å². The number of nitrogens with zero attached hydrogens (tertiary/aromatic N) is 1. The Morgan fingerprint density at radius 2 is 2.17 bits per heavy atom. The van der Waals surface area contributed by atoms with Gasteiger partial charge in [-0.2, -0.15) is 0 Å². The van der Waals surface area contributed by atoms with Gasteiger partial charge in [-0.1, -0.05) is 19.1 Å². The number of hydrogen-bond donors (Lipinski definition) is 2. The largest absolute Gasteiger partial charge is 0.481 e. The molecule has 2 unspecified atom stereocenters. The fraction of sp³-hybridized carbons (Fsp3) is 0.286. The Morgan fingerprint density at radius 1 is 1.39 bits per heavy atom. The van der Waals surface area contributed by atoms with Gasteiger partial charge in [0.25, 0.3) is 0 Å². The summed E-state index contributed by atoms with van der Waals surface area (Å²) in [6.07, 6.45) is 0.892. The Balaban J connectivity index is 2.27. The normalized spacial score (nSPS) is 14.3. The second-order valence-corrected chi connectivity index (χ2v) is 4.48. The van der Waals surface area contributed by atoms with Gasteiger partial charge in [0.15, 0.2) is 0 Å². The van der Waals surface area contributed by atoms with Crippen molar-refractivity contribution in [2.45, 2.75) is 19.4 Å². The Kier molecular flexibility index (Phi) is 3.58. The van der Waals surface area contributed by atoms with Crippen LogP contribution in [0.3, 0.4) is 0 Å². The molecule has 0 saturated carbocycles. The molecule has 0 radical (unpaired) electrons. The van der Waals surface area contributed by atoms with E-state index in [0.29, 0.717) is 0 Å². The summed E-state index contributed by atoms with van der Waals surface area (Å²) in [5.41, 5.74) is 1.59. The molecule has 0 saturated heterocycles. The maximum atomic E-state index is 10.6. The second kappa shape index (κ2) is 5.14. The van der Waals surface area contributed by atoms with Crippen molar-refractivity contribution >= 4 is 16.9 Å². The molecule has 0 fully saturated rings. The van der Waals surface area contributed by atoms with E-state index < -0.39 is 12.1 Å². The third kappa shape index (κ3) is 2.65. The van der Waals surface area contributed by atoms with Crippen molar-refractivity contribution in [2.24, 2.45) is 5.92 Å². The molecule has 0 aliphatic rings. The van der Waals surface area contributed by atoms with Crippen LogP contribution in [0.25, 0.3) is 10.9 Å². The van der Waals surface area contributed by atoms with Crippen LogP contribution in [0.5, 0.6) is 0 Å². The van der Waals surface area contributed by atoms with Gasteiger partial charge in [-0.15, -0.1) is 0 Å². The first kappa shape index (κ1) is 12.5. The van der Waals surface area contributed by atoms with Crippen LogP contribution >= 0.6 is 0 Å². The highest BCUT2D eigenvalue weighted by Gasteiger charge is 2.19. The van der Waals surface area contributed by atoms with Gasteiger partial charge in [0.1, 0.15) is 0 Å². The summed E-state index contributed by atoms with van der Waals surface area (Å²) < 4.78 is 0. The minimum absolute atomic E-state index is 0.0494.